The lowest BCUT2D eigenvalue weighted by molar-refractivity contribution is -0.124. The van der Waals surface area contributed by atoms with Gasteiger partial charge in [0.25, 0.3) is 5.91 Å². The topological polar surface area (TPSA) is 58.2 Å². The fourth-order valence-corrected chi connectivity index (χ4v) is 2.78. The number of hydrogen-bond acceptors (Lipinski definition) is 2. The molecule has 2 aromatic carbocycles. The van der Waals surface area contributed by atoms with Crippen molar-refractivity contribution in [3.63, 3.8) is 0 Å². The number of hydrogen-bond donors (Lipinski definition) is 2. The molecule has 2 N–H and O–H groups in total. The van der Waals surface area contributed by atoms with Crippen LogP contribution in [0.1, 0.15) is 56.1 Å². The first-order valence-electron chi connectivity index (χ1n) is 9.41. The molecule has 2 amide bonds. The van der Waals surface area contributed by atoms with Gasteiger partial charge in [-0.15, -0.1) is 0 Å². The van der Waals surface area contributed by atoms with Gasteiger partial charge in [0.1, 0.15) is 6.04 Å². The predicted octanol–water partition coefficient (Wildman–Crippen LogP) is 4.05. The van der Waals surface area contributed by atoms with E-state index in [-0.39, 0.29) is 23.1 Å². The van der Waals surface area contributed by atoms with E-state index in [1.54, 1.807) is 0 Å². The highest BCUT2D eigenvalue weighted by atomic mass is 16.2. The highest BCUT2D eigenvalue weighted by molar-refractivity contribution is 5.97. The van der Waals surface area contributed by atoms with Gasteiger partial charge >= 0.3 is 0 Å². The minimum atomic E-state index is -0.580. The molecule has 0 aliphatic carbocycles. The quantitative estimate of drug-likeness (QED) is 0.810. The number of carbonyl (C=O) groups excluding carboxylic acids is 2. The maximum Gasteiger partial charge on any atom is 0.251 e. The van der Waals surface area contributed by atoms with Crippen LogP contribution in [-0.2, 0) is 16.8 Å². The van der Waals surface area contributed by atoms with E-state index in [1.807, 2.05) is 68.4 Å². The van der Waals surface area contributed by atoms with Crippen LogP contribution in [-0.4, -0.2) is 17.9 Å². The van der Waals surface area contributed by atoms with Crippen molar-refractivity contribution in [2.75, 3.05) is 0 Å². The Labute approximate surface area is 162 Å². The largest absolute Gasteiger partial charge is 0.350 e. The van der Waals surface area contributed by atoms with E-state index in [0.29, 0.717) is 12.1 Å². The molecule has 0 heterocycles. The van der Waals surface area contributed by atoms with Crippen LogP contribution in [0.3, 0.4) is 0 Å². The summed E-state index contributed by atoms with van der Waals surface area (Å²) in [7, 11) is 0. The molecule has 0 aliphatic rings. The number of rotatable bonds is 6. The lowest BCUT2D eigenvalue weighted by Crippen LogP contribution is -2.49. The summed E-state index contributed by atoms with van der Waals surface area (Å²) in [5.41, 5.74) is 2.79. The van der Waals surface area contributed by atoms with E-state index in [0.717, 1.165) is 5.56 Å². The van der Waals surface area contributed by atoms with Gasteiger partial charge in [-0.3, -0.25) is 9.59 Å². The van der Waals surface area contributed by atoms with Crippen molar-refractivity contribution in [1.82, 2.24) is 10.6 Å². The van der Waals surface area contributed by atoms with Crippen LogP contribution in [0.15, 0.2) is 54.6 Å². The van der Waals surface area contributed by atoms with Crippen molar-refractivity contribution in [2.45, 2.75) is 52.6 Å². The van der Waals surface area contributed by atoms with Crippen LogP contribution >= 0.6 is 0 Å². The van der Waals surface area contributed by atoms with Gasteiger partial charge in [0, 0.05) is 12.1 Å². The summed E-state index contributed by atoms with van der Waals surface area (Å²) < 4.78 is 0. The van der Waals surface area contributed by atoms with Crippen LogP contribution < -0.4 is 10.6 Å². The lowest BCUT2D eigenvalue weighted by atomic mass is 9.86. The number of amides is 2. The Bertz CT molecular complexity index is 759. The van der Waals surface area contributed by atoms with Gasteiger partial charge in [-0.25, -0.2) is 0 Å². The van der Waals surface area contributed by atoms with E-state index in [9.17, 15) is 9.59 Å². The summed E-state index contributed by atoms with van der Waals surface area (Å²) in [4.78, 5) is 25.2. The van der Waals surface area contributed by atoms with Gasteiger partial charge in [0.05, 0.1) is 0 Å². The molecule has 144 valence electrons. The Balaban J connectivity index is 2.02. The number of nitrogens with one attached hydrogen (secondary N) is 2. The third kappa shape index (κ3) is 5.95. The molecule has 1 atom stereocenters. The van der Waals surface area contributed by atoms with E-state index >= 15 is 0 Å². The van der Waals surface area contributed by atoms with Crippen LogP contribution in [0, 0.1) is 5.92 Å². The molecule has 0 saturated heterocycles. The van der Waals surface area contributed by atoms with Gasteiger partial charge in [-0.2, -0.15) is 0 Å². The maximum absolute atomic E-state index is 12.6. The van der Waals surface area contributed by atoms with Gasteiger partial charge in [0.15, 0.2) is 0 Å². The average Bonchev–Trinajstić information content (AvgIpc) is 2.64. The van der Waals surface area contributed by atoms with Gasteiger partial charge < -0.3 is 10.6 Å². The van der Waals surface area contributed by atoms with Crippen molar-refractivity contribution >= 4 is 11.8 Å². The molecule has 4 heteroatoms. The maximum atomic E-state index is 12.6. The molecule has 0 aliphatic heterocycles. The monoisotopic (exact) mass is 366 g/mol. The highest BCUT2D eigenvalue weighted by Crippen LogP contribution is 2.22. The van der Waals surface area contributed by atoms with Crippen molar-refractivity contribution in [3.05, 3.63) is 71.3 Å². The fourth-order valence-electron chi connectivity index (χ4n) is 2.78. The van der Waals surface area contributed by atoms with Crippen LogP contribution in [0.25, 0.3) is 0 Å². The Morgan fingerprint density at radius 2 is 1.52 bits per heavy atom. The molecule has 0 fully saturated rings. The van der Waals surface area contributed by atoms with Crippen LogP contribution in [0.5, 0.6) is 0 Å². The highest BCUT2D eigenvalue weighted by Gasteiger charge is 2.24. The Morgan fingerprint density at radius 1 is 0.926 bits per heavy atom. The molecular formula is C23H30N2O2. The van der Waals surface area contributed by atoms with Crippen molar-refractivity contribution in [2.24, 2.45) is 5.92 Å². The van der Waals surface area contributed by atoms with E-state index in [1.165, 1.54) is 5.56 Å². The fraction of sp³-hybridized carbons (Fsp3) is 0.391. The number of benzene rings is 2. The summed E-state index contributed by atoms with van der Waals surface area (Å²) in [6, 6.07) is 16.7. The van der Waals surface area contributed by atoms with Gasteiger partial charge in [-0.05, 0) is 34.6 Å². The summed E-state index contributed by atoms with van der Waals surface area (Å²) >= 11 is 0. The molecule has 2 rings (SSSR count). The minimum Gasteiger partial charge on any atom is -0.350 e. The molecule has 0 radical (unpaired) electrons. The molecular weight excluding hydrogens is 336 g/mol. The zero-order valence-corrected chi connectivity index (χ0v) is 16.9. The summed E-state index contributed by atoms with van der Waals surface area (Å²) in [5.74, 6) is -0.420. The minimum absolute atomic E-state index is 0.0152. The zero-order chi connectivity index (χ0) is 20.0. The average molecular weight is 367 g/mol. The summed E-state index contributed by atoms with van der Waals surface area (Å²) in [5, 5.41) is 5.79. The van der Waals surface area contributed by atoms with E-state index in [2.05, 4.69) is 31.4 Å². The third-order valence-electron chi connectivity index (χ3n) is 4.56. The lowest BCUT2D eigenvalue weighted by Gasteiger charge is -2.22. The van der Waals surface area contributed by atoms with Gasteiger partial charge in [-0.1, -0.05) is 77.1 Å². The van der Waals surface area contributed by atoms with Crippen LogP contribution in [0.4, 0.5) is 0 Å². The van der Waals surface area contributed by atoms with E-state index < -0.39 is 6.04 Å². The first kappa shape index (κ1) is 20.7. The Hall–Kier alpha value is -2.62. The first-order chi connectivity index (χ1) is 12.7. The SMILES string of the molecule is CC(C)[C@@H](NC(=O)c1ccc(C(C)(C)C)cc1)C(=O)NCc1ccccc1. The second-order valence-corrected chi connectivity index (χ2v) is 8.23. The van der Waals surface area contributed by atoms with Crippen LogP contribution in [0.2, 0.25) is 0 Å². The van der Waals surface area contributed by atoms with Crippen molar-refractivity contribution in [3.8, 4) is 0 Å². The number of carbonyl (C=O) groups is 2. The summed E-state index contributed by atoms with van der Waals surface area (Å²) in [6.45, 7) is 10.7. The molecule has 0 bridgehead atoms. The molecule has 4 nitrogen and oxygen atoms in total. The van der Waals surface area contributed by atoms with Gasteiger partial charge in [0.2, 0.25) is 5.91 Å². The molecule has 0 spiro atoms. The Morgan fingerprint density at radius 3 is 2.04 bits per heavy atom. The van der Waals surface area contributed by atoms with Crippen molar-refractivity contribution < 1.29 is 9.59 Å². The standard InChI is InChI=1S/C23H30N2O2/c1-16(2)20(22(27)24-15-17-9-7-6-8-10-17)25-21(26)18-11-13-19(14-12-18)23(3,4)5/h6-14,16,20H,15H2,1-5H3,(H,24,27)(H,25,26)/t20-/m1/s1. The second-order valence-electron chi connectivity index (χ2n) is 8.23. The normalized spacial score (nSPS) is 12.5. The molecule has 27 heavy (non-hydrogen) atoms. The Kier molecular flexibility index (Phi) is 6.78. The second kappa shape index (κ2) is 8.85. The molecule has 2 aromatic rings. The van der Waals surface area contributed by atoms with E-state index in [4.69, 9.17) is 0 Å². The third-order valence-corrected chi connectivity index (χ3v) is 4.56. The molecule has 0 unspecified atom stereocenters. The van der Waals surface area contributed by atoms with Crippen molar-refractivity contribution in [1.29, 1.82) is 0 Å². The molecule has 0 saturated carbocycles. The zero-order valence-electron chi connectivity index (χ0n) is 16.9. The smallest absolute Gasteiger partial charge is 0.251 e. The summed E-state index contributed by atoms with van der Waals surface area (Å²) in [6.07, 6.45) is 0. The first-order valence-corrected chi connectivity index (χ1v) is 9.41. The molecule has 0 aromatic heterocycles. The predicted molar refractivity (Wildman–Crippen MR) is 110 cm³/mol.